The first-order chi connectivity index (χ1) is 10.0. The van der Waals surface area contributed by atoms with Gasteiger partial charge in [0.2, 0.25) is 5.91 Å². The molecule has 0 atom stereocenters. The monoisotopic (exact) mass is 289 g/mol. The number of aliphatic carboxylic acids is 1. The minimum atomic E-state index is -1.01. The van der Waals surface area contributed by atoms with Crippen LogP contribution < -0.4 is 10.1 Å². The third-order valence-corrected chi connectivity index (χ3v) is 2.65. The van der Waals surface area contributed by atoms with Gasteiger partial charge in [0.05, 0.1) is 7.11 Å². The summed E-state index contributed by atoms with van der Waals surface area (Å²) in [5.74, 6) is -0.440. The minimum absolute atomic E-state index is 0.0473. The average molecular weight is 289 g/mol. The second kappa shape index (κ2) is 8.58. The quantitative estimate of drug-likeness (QED) is 0.596. The molecule has 0 aliphatic heterocycles. The van der Waals surface area contributed by atoms with Crippen LogP contribution in [0, 0.1) is 0 Å². The molecule has 2 N–H and O–H groups in total. The van der Waals surface area contributed by atoms with E-state index in [1.807, 2.05) is 24.3 Å². The molecule has 0 spiro atoms. The lowest BCUT2D eigenvalue weighted by Gasteiger charge is -2.05. The number of carbonyl (C=O) groups excluding carboxylic acids is 1. The molecule has 0 heterocycles. The van der Waals surface area contributed by atoms with Gasteiger partial charge in [-0.3, -0.25) is 4.79 Å². The number of methoxy groups -OCH3 is 1. The van der Waals surface area contributed by atoms with Crippen LogP contribution in [0.5, 0.6) is 5.75 Å². The zero-order valence-corrected chi connectivity index (χ0v) is 12.1. The molecule has 5 nitrogen and oxygen atoms in total. The number of hydrogen-bond donors (Lipinski definition) is 2. The maximum Gasteiger partial charge on any atom is 0.328 e. The molecule has 21 heavy (non-hydrogen) atoms. The Bertz CT molecular complexity index is 561. The zero-order chi connectivity index (χ0) is 15.7. The van der Waals surface area contributed by atoms with Crippen molar-refractivity contribution in [2.75, 3.05) is 13.7 Å². The second-order valence-corrected chi connectivity index (χ2v) is 4.35. The van der Waals surface area contributed by atoms with Crippen LogP contribution in [0.1, 0.15) is 24.5 Å². The summed E-state index contributed by atoms with van der Waals surface area (Å²) in [6.07, 6.45) is 7.16. The van der Waals surface area contributed by atoms with Crippen LogP contribution in [0.2, 0.25) is 0 Å². The van der Waals surface area contributed by atoms with Crippen molar-refractivity contribution < 1.29 is 19.4 Å². The molecule has 0 aliphatic carbocycles. The van der Waals surface area contributed by atoms with Crippen molar-refractivity contribution in [3.05, 3.63) is 41.5 Å². The van der Waals surface area contributed by atoms with Gasteiger partial charge >= 0.3 is 5.97 Å². The van der Waals surface area contributed by atoms with Gasteiger partial charge in [-0.15, -0.1) is 0 Å². The standard InChI is InChI=1S/C16H19NO4/c1-12(18)17-10-4-3-5-13-6-8-15(21-2)14(11-13)7-9-16(19)20/h3,5-9,11H,4,10H2,1-2H3,(H,17,18)(H,19,20)/b5-3?,9-7+. The SMILES string of the molecule is COc1ccc(C=CCCNC(C)=O)cc1/C=C/C(=O)O. The minimum Gasteiger partial charge on any atom is -0.496 e. The van der Waals surface area contributed by atoms with Crippen molar-refractivity contribution in [1.82, 2.24) is 5.32 Å². The van der Waals surface area contributed by atoms with Gasteiger partial charge in [0.15, 0.2) is 0 Å². The van der Waals surface area contributed by atoms with E-state index < -0.39 is 5.97 Å². The first-order valence-corrected chi connectivity index (χ1v) is 6.53. The molecule has 0 radical (unpaired) electrons. The van der Waals surface area contributed by atoms with Crippen molar-refractivity contribution in [2.24, 2.45) is 0 Å². The van der Waals surface area contributed by atoms with Gasteiger partial charge in [0.25, 0.3) is 0 Å². The topological polar surface area (TPSA) is 75.6 Å². The average Bonchev–Trinajstić information content (AvgIpc) is 2.44. The number of nitrogens with one attached hydrogen (secondary N) is 1. The third kappa shape index (κ3) is 6.42. The lowest BCUT2D eigenvalue weighted by atomic mass is 10.1. The Hall–Kier alpha value is -2.56. The van der Waals surface area contributed by atoms with Gasteiger partial charge in [-0.05, 0) is 30.2 Å². The molecule has 0 unspecified atom stereocenters. The number of benzene rings is 1. The molecule has 0 bridgehead atoms. The summed E-state index contributed by atoms with van der Waals surface area (Å²) in [5, 5.41) is 11.4. The van der Waals surface area contributed by atoms with Gasteiger partial charge in [0.1, 0.15) is 5.75 Å². The Kier molecular flexibility index (Phi) is 6.74. The third-order valence-electron chi connectivity index (χ3n) is 2.65. The summed E-state index contributed by atoms with van der Waals surface area (Å²) in [4.78, 5) is 21.3. The lowest BCUT2D eigenvalue weighted by Crippen LogP contribution is -2.20. The van der Waals surface area contributed by atoms with Gasteiger partial charge < -0.3 is 15.2 Å². The maximum atomic E-state index is 10.7. The largest absolute Gasteiger partial charge is 0.496 e. The summed E-state index contributed by atoms with van der Waals surface area (Å²) < 4.78 is 5.19. The molecule has 0 fully saturated rings. The Morgan fingerprint density at radius 3 is 2.71 bits per heavy atom. The Morgan fingerprint density at radius 1 is 1.33 bits per heavy atom. The fourth-order valence-electron chi connectivity index (χ4n) is 1.70. The van der Waals surface area contributed by atoms with E-state index in [1.54, 1.807) is 6.07 Å². The van der Waals surface area contributed by atoms with E-state index >= 15 is 0 Å². The molecule has 1 amide bonds. The Morgan fingerprint density at radius 2 is 2.10 bits per heavy atom. The predicted octanol–water partition coefficient (Wildman–Crippen LogP) is 2.33. The maximum absolute atomic E-state index is 10.7. The number of ether oxygens (including phenoxy) is 1. The van der Waals surface area contributed by atoms with Crippen LogP contribution in [0.15, 0.2) is 30.4 Å². The number of carbonyl (C=O) groups is 2. The Labute approximate surface area is 123 Å². The first kappa shape index (κ1) is 16.5. The lowest BCUT2D eigenvalue weighted by molar-refractivity contribution is -0.131. The van der Waals surface area contributed by atoms with E-state index in [0.29, 0.717) is 17.9 Å². The van der Waals surface area contributed by atoms with E-state index in [1.165, 1.54) is 20.1 Å². The second-order valence-electron chi connectivity index (χ2n) is 4.35. The molecule has 5 heteroatoms. The summed E-state index contributed by atoms with van der Waals surface area (Å²) in [5.41, 5.74) is 1.63. The summed E-state index contributed by atoms with van der Waals surface area (Å²) in [6.45, 7) is 2.07. The van der Waals surface area contributed by atoms with Crippen molar-refractivity contribution in [3.8, 4) is 5.75 Å². The molecule has 112 valence electrons. The summed E-state index contributed by atoms with van der Waals surface area (Å²) in [7, 11) is 1.54. The van der Waals surface area contributed by atoms with Gasteiger partial charge in [-0.25, -0.2) is 4.79 Å². The predicted molar refractivity (Wildman–Crippen MR) is 82.0 cm³/mol. The highest BCUT2D eigenvalue weighted by molar-refractivity contribution is 5.86. The van der Waals surface area contributed by atoms with Crippen LogP contribution in [0.3, 0.4) is 0 Å². The number of carboxylic acid groups (broad SMARTS) is 1. The highest BCUT2D eigenvalue weighted by Gasteiger charge is 2.01. The molecule has 0 aliphatic rings. The number of rotatable bonds is 7. The highest BCUT2D eigenvalue weighted by Crippen LogP contribution is 2.22. The highest BCUT2D eigenvalue weighted by atomic mass is 16.5. The number of amides is 1. The first-order valence-electron chi connectivity index (χ1n) is 6.53. The van der Waals surface area contributed by atoms with Crippen LogP contribution in [-0.2, 0) is 9.59 Å². The molecule has 1 aromatic carbocycles. The zero-order valence-electron chi connectivity index (χ0n) is 12.1. The van der Waals surface area contributed by atoms with E-state index in [0.717, 1.165) is 18.1 Å². The molecule has 1 rings (SSSR count). The molecule has 0 aromatic heterocycles. The molecular weight excluding hydrogens is 270 g/mol. The molecule has 1 aromatic rings. The summed E-state index contributed by atoms with van der Waals surface area (Å²) in [6, 6.07) is 5.51. The van der Waals surface area contributed by atoms with Crippen LogP contribution in [0.4, 0.5) is 0 Å². The fraction of sp³-hybridized carbons (Fsp3) is 0.250. The molecule has 0 saturated heterocycles. The van der Waals surface area contributed by atoms with Crippen molar-refractivity contribution in [3.63, 3.8) is 0 Å². The van der Waals surface area contributed by atoms with Gasteiger partial charge in [0, 0.05) is 25.1 Å². The normalized spacial score (nSPS) is 11.0. The van der Waals surface area contributed by atoms with Crippen LogP contribution >= 0.6 is 0 Å². The van der Waals surface area contributed by atoms with E-state index in [2.05, 4.69) is 5.32 Å². The van der Waals surface area contributed by atoms with Crippen LogP contribution in [-0.4, -0.2) is 30.6 Å². The van der Waals surface area contributed by atoms with Gasteiger partial charge in [-0.2, -0.15) is 0 Å². The number of hydrogen-bond acceptors (Lipinski definition) is 3. The van der Waals surface area contributed by atoms with Gasteiger partial charge in [-0.1, -0.05) is 18.2 Å². The van der Waals surface area contributed by atoms with Crippen molar-refractivity contribution in [1.29, 1.82) is 0 Å². The fourth-order valence-corrected chi connectivity index (χ4v) is 1.70. The van der Waals surface area contributed by atoms with Crippen molar-refractivity contribution in [2.45, 2.75) is 13.3 Å². The van der Waals surface area contributed by atoms with Crippen molar-refractivity contribution >= 4 is 24.0 Å². The Balaban J connectivity index is 2.75. The molecular formula is C16H19NO4. The summed E-state index contributed by atoms with van der Waals surface area (Å²) >= 11 is 0. The van der Waals surface area contributed by atoms with E-state index in [4.69, 9.17) is 9.84 Å². The molecule has 0 saturated carbocycles. The van der Waals surface area contributed by atoms with E-state index in [-0.39, 0.29) is 5.91 Å². The smallest absolute Gasteiger partial charge is 0.328 e. The number of carboxylic acids is 1. The van der Waals surface area contributed by atoms with Crippen LogP contribution in [0.25, 0.3) is 12.2 Å². The van der Waals surface area contributed by atoms with E-state index in [9.17, 15) is 9.59 Å².